The second-order valence-corrected chi connectivity index (χ2v) is 3.85. The first-order valence-corrected chi connectivity index (χ1v) is 5.07. The Morgan fingerprint density at radius 3 is 2.40 bits per heavy atom. The van der Waals surface area contributed by atoms with E-state index in [1.807, 2.05) is 24.3 Å². The molecule has 0 unspecified atom stereocenters. The topological polar surface area (TPSA) is 52.3 Å². The molecular formula is C12H17NO2. The van der Waals surface area contributed by atoms with Gasteiger partial charge < -0.3 is 10.5 Å². The summed E-state index contributed by atoms with van der Waals surface area (Å²) in [5.74, 6) is 0.647. The van der Waals surface area contributed by atoms with Gasteiger partial charge in [0.05, 0.1) is 0 Å². The van der Waals surface area contributed by atoms with E-state index < -0.39 is 12.0 Å². The van der Waals surface area contributed by atoms with Crippen molar-refractivity contribution >= 4 is 5.91 Å². The molecule has 1 aromatic carbocycles. The SMILES string of the molecule is CC(C)c1ccccc1O[C@@H](C)C(N)=O. The fourth-order valence-electron chi connectivity index (χ4n) is 1.31. The Bertz CT molecular complexity index is 347. The Morgan fingerprint density at radius 1 is 1.27 bits per heavy atom. The molecule has 0 bridgehead atoms. The summed E-state index contributed by atoms with van der Waals surface area (Å²) in [5, 5.41) is 0. The lowest BCUT2D eigenvalue weighted by Crippen LogP contribution is -2.30. The maximum Gasteiger partial charge on any atom is 0.258 e. The molecule has 0 heterocycles. The van der Waals surface area contributed by atoms with E-state index in [1.165, 1.54) is 0 Å². The van der Waals surface area contributed by atoms with Gasteiger partial charge in [-0.15, -0.1) is 0 Å². The van der Waals surface area contributed by atoms with Gasteiger partial charge in [0.25, 0.3) is 5.91 Å². The summed E-state index contributed by atoms with van der Waals surface area (Å²) in [6, 6.07) is 7.69. The van der Waals surface area contributed by atoms with Crippen LogP contribution in [-0.4, -0.2) is 12.0 Å². The lowest BCUT2D eigenvalue weighted by Gasteiger charge is -2.16. The van der Waals surface area contributed by atoms with Crippen molar-refractivity contribution in [1.29, 1.82) is 0 Å². The average Bonchev–Trinajstić information content (AvgIpc) is 2.18. The molecule has 1 aromatic rings. The summed E-state index contributed by atoms with van der Waals surface area (Å²) in [6.07, 6.45) is -0.593. The zero-order valence-electron chi connectivity index (χ0n) is 9.36. The molecule has 0 aromatic heterocycles. The number of benzene rings is 1. The molecule has 2 N–H and O–H groups in total. The van der Waals surface area contributed by atoms with Crippen molar-refractivity contribution in [2.45, 2.75) is 32.8 Å². The summed E-state index contributed by atoms with van der Waals surface area (Å²) < 4.78 is 5.49. The monoisotopic (exact) mass is 207 g/mol. The first-order chi connectivity index (χ1) is 7.02. The van der Waals surface area contributed by atoms with Gasteiger partial charge in [0, 0.05) is 0 Å². The molecular weight excluding hydrogens is 190 g/mol. The highest BCUT2D eigenvalue weighted by Gasteiger charge is 2.13. The van der Waals surface area contributed by atoms with Crippen LogP contribution in [0.2, 0.25) is 0 Å². The summed E-state index contributed by atoms with van der Waals surface area (Å²) >= 11 is 0. The quantitative estimate of drug-likeness (QED) is 0.821. The summed E-state index contributed by atoms with van der Waals surface area (Å²) in [7, 11) is 0. The van der Waals surface area contributed by atoms with Crippen molar-refractivity contribution in [3.8, 4) is 5.75 Å². The Balaban J connectivity index is 2.89. The third-order valence-corrected chi connectivity index (χ3v) is 2.25. The van der Waals surface area contributed by atoms with E-state index in [1.54, 1.807) is 6.92 Å². The van der Waals surface area contributed by atoms with Crippen LogP contribution in [0.5, 0.6) is 5.75 Å². The molecule has 15 heavy (non-hydrogen) atoms. The molecule has 3 heteroatoms. The zero-order valence-corrected chi connectivity index (χ0v) is 9.36. The molecule has 1 atom stereocenters. The molecule has 0 saturated heterocycles. The molecule has 1 amide bonds. The maximum absolute atomic E-state index is 10.9. The normalized spacial score (nSPS) is 12.5. The molecule has 0 spiro atoms. The largest absolute Gasteiger partial charge is 0.481 e. The fourth-order valence-corrected chi connectivity index (χ4v) is 1.31. The molecule has 0 fully saturated rings. The average molecular weight is 207 g/mol. The third kappa shape index (κ3) is 2.98. The second kappa shape index (κ2) is 4.82. The number of primary amides is 1. The van der Waals surface area contributed by atoms with Crippen molar-refractivity contribution in [3.05, 3.63) is 29.8 Å². The number of rotatable bonds is 4. The van der Waals surface area contributed by atoms with Crippen molar-refractivity contribution in [2.75, 3.05) is 0 Å². The van der Waals surface area contributed by atoms with Crippen LogP contribution in [0.25, 0.3) is 0 Å². The van der Waals surface area contributed by atoms with E-state index >= 15 is 0 Å². The molecule has 1 rings (SSSR count). The van der Waals surface area contributed by atoms with E-state index in [0.717, 1.165) is 11.3 Å². The van der Waals surface area contributed by atoms with E-state index in [0.29, 0.717) is 5.92 Å². The van der Waals surface area contributed by atoms with Crippen molar-refractivity contribution in [2.24, 2.45) is 5.73 Å². The molecule has 3 nitrogen and oxygen atoms in total. The highest BCUT2D eigenvalue weighted by atomic mass is 16.5. The van der Waals surface area contributed by atoms with Gasteiger partial charge >= 0.3 is 0 Å². The van der Waals surface area contributed by atoms with E-state index in [4.69, 9.17) is 10.5 Å². The van der Waals surface area contributed by atoms with Crippen LogP contribution in [0.15, 0.2) is 24.3 Å². The smallest absolute Gasteiger partial charge is 0.258 e. The first kappa shape index (κ1) is 11.6. The van der Waals surface area contributed by atoms with Crippen molar-refractivity contribution in [1.82, 2.24) is 0 Å². The molecule has 0 aliphatic carbocycles. The summed E-state index contributed by atoms with van der Waals surface area (Å²) in [6.45, 7) is 5.81. The van der Waals surface area contributed by atoms with Crippen LogP contribution in [0.3, 0.4) is 0 Å². The van der Waals surface area contributed by atoms with Crippen LogP contribution in [-0.2, 0) is 4.79 Å². The van der Waals surface area contributed by atoms with E-state index in [-0.39, 0.29) is 0 Å². The molecule has 0 aliphatic rings. The lowest BCUT2D eigenvalue weighted by molar-refractivity contribution is -0.124. The van der Waals surface area contributed by atoms with Gasteiger partial charge in [-0.25, -0.2) is 0 Å². The predicted octanol–water partition coefficient (Wildman–Crippen LogP) is 2.06. The van der Waals surface area contributed by atoms with Crippen molar-refractivity contribution in [3.63, 3.8) is 0 Å². The summed E-state index contributed by atoms with van der Waals surface area (Å²) in [4.78, 5) is 10.9. The lowest BCUT2D eigenvalue weighted by atomic mass is 10.0. The number of carbonyl (C=O) groups is 1. The molecule has 82 valence electrons. The molecule has 0 radical (unpaired) electrons. The highest BCUT2D eigenvalue weighted by Crippen LogP contribution is 2.26. The number of para-hydroxylation sites is 1. The number of carbonyl (C=O) groups excluding carboxylic acids is 1. The Labute approximate surface area is 90.2 Å². The molecule has 0 aliphatic heterocycles. The Kier molecular flexibility index (Phi) is 3.72. The van der Waals surface area contributed by atoms with Crippen LogP contribution in [0, 0.1) is 0 Å². The van der Waals surface area contributed by atoms with Gasteiger partial charge in [-0.1, -0.05) is 32.0 Å². The minimum atomic E-state index is -0.593. The van der Waals surface area contributed by atoms with Crippen LogP contribution in [0.4, 0.5) is 0 Å². The standard InChI is InChI=1S/C12H17NO2/c1-8(2)10-6-4-5-7-11(10)15-9(3)12(13)14/h4-9H,1-3H3,(H2,13,14)/t9-/m0/s1. The van der Waals surface area contributed by atoms with Gasteiger partial charge in [0.15, 0.2) is 6.10 Å². The van der Waals surface area contributed by atoms with Crippen LogP contribution < -0.4 is 10.5 Å². The summed E-state index contributed by atoms with van der Waals surface area (Å²) in [5.41, 5.74) is 6.23. The van der Waals surface area contributed by atoms with Crippen LogP contribution in [0.1, 0.15) is 32.3 Å². The minimum Gasteiger partial charge on any atom is -0.481 e. The van der Waals surface area contributed by atoms with Gasteiger partial charge in [-0.3, -0.25) is 4.79 Å². The van der Waals surface area contributed by atoms with E-state index in [9.17, 15) is 4.79 Å². The number of amides is 1. The van der Waals surface area contributed by atoms with Crippen LogP contribution >= 0.6 is 0 Å². The highest BCUT2D eigenvalue weighted by molar-refractivity contribution is 5.78. The number of nitrogens with two attached hydrogens (primary N) is 1. The minimum absolute atomic E-state index is 0.362. The fraction of sp³-hybridized carbons (Fsp3) is 0.417. The molecule has 0 saturated carbocycles. The third-order valence-electron chi connectivity index (χ3n) is 2.25. The Morgan fingerprint density at radius 2 is 1.87 bits per heavy atom. The second-order valence-electron chi connectivity index (χ2n) is 3.85. The predicted molar refractivity (Wildman–Crippen MR) is 59.8 cm³/mol. The van der Waals surface area contributed by atoms with Crippen molar-refractivity contribution < 1.29 is 9.53 Å². The number of ether oxygens (including phenoxy) is 1. The number of hydrogen-bond acceptors (Lipinski definition) is 2. The van der Waals surface area contributed by atoms with E-state index in [2.05, 4.69) is 13.8 Å². The first-order valence-electron chi connectivity index (χ1n) is 5.07. The maximum atomic E-state index is 10.9. The number of hydrogen-bond donors (Lipinski definition) is 1. The van der Waals surface area contributed by atoms with Gasteiger partial charge in [0.1, 0.15) is 5.75 Å². The zero-order chi connectivity index (χ0) is 11.4. The van der Waals surface area contributed by atoms with Gasteiger partial charge in [-0.2, -0.15) is 0 Å². The van der Waals surface area contributed by atoms with Gasteiger partial charge in [-0.05, 0) is 24.5 Å². The van der Waals surface area contributed by atoms with Gasteiger partial charge in [0.2, 0.25) is 0 Å². The Hall–Kier alpha value is -1.51.